The predicted octanol–water partition coefficient (Wildman–Crippen LogP) is 3.64. The molecule has 0 aliphatic carbocycles. The highest BCUT2D eigenvalue weighted by atomic mass is 32.2. The van der Waals surface area contributed by atoms with E-state index in [4.69, 9.17) is 5.73 Å². The monoisotopic (exact) mass is 323 g/mol. The second-order valence-corrected chi connectivity index (χ2v) is 6.48. The Bertz CT molecular complexity index is 900. The van der Waals surface area contributed by atoms with Gasteiger partial charge in [0.25, 0.3) is 0 Å². The van der Waals surface area contributed by atoms with Crippen LogP contribution in [0.4, 0.5) is 11.4 Å². The number of hydrogen-bond donors (Lipinski definition) is 2. The summed E-state index contributed by atoms with van der Waals surface area (Å²) in [6.07, 6.45) is 1.65. The van der Waals surface area contributed by atoms with Crippen molar-refractivity contribution in [3.05, 3.63) is 66.7 Å². The Hall–Kier alpha value is -2.66. The van der Waals surface area contributed by atoms with E-state index in [9.17, 15) is 4.21 Å². The van der Waals surface area contributed by atoms with Crippen LogP contribution in [-0.2, 0) is 10.8 Å². The highest BCUT2D eigenvalue weighted by molar-refractivity contribution is 7.84. The van der Waals surface area contributed by atoms with Gasteiger partial charge in [0, 0.05) is 33.0 Å². The number of guanidine groups is 1. The molecule has 5 heteroatoms. The molecule has 0 saturated heterocycles. The van der Waals surface area contributed by atoms with E-state index >= 15 is 0 Å². The van der Waals surface area contributed by atoms with Crippen LogP contribution in [0.15, 0.2) is 76.6 Å². The quantitative estimate of drug-likeness (QED) is 0.571. The van der Waals surface area contributed by atoms with E-state index in [1.54, 1.807) is 6.26 Å². The molecule has 1 atom stereocenters. The highest BCUT2D eigenvalue weighted by Crippen LogP contribution is 2.25. The van der Waals surface area contributed by atoms with Crippen molar-refractivity contribution in [2.24, 2.45) is 10.7 Å². The van der Waals surface area contributed by atoms with Gasteiger partial charge < -0.3 is 11.1 Å². The lowest BCUT2D eigenvalue weighted by atomic mass is 10.1. The molecular weight excluding hydrogens is 306 g/mol. The number of anilines is 1. The summed E-state index contributed by atoms with van der Waals surface area (Å²) in [5.41, 5.74) is 7.59. The number of nitrogens with one attached hydrogen (secondary N) is 1. The van der Waals surface area contributed by atoms with Gasteiger partial charge in [-0.2, -0.15) is 0 Å². The van der Waals surface area contributed by atoms with E-state index in [0.717, 1.165) is 27.0 Å². The number of fused-ring (bicyclic) bond motifs is 1. The average Bonchev–Trinajstić information content (AvgIpc) is 2.55. The standard InChI is InChI=1S/C18H17N3OS/c1-23(22)15-9-5-8-14(12-15)20-18(19)21-17-11-4-7-13-6-2-3-10-16(13)17/h2-12H,1H3,(H3,19,20,21). The molecule has 0 aliphatic rings. The van der Waals surface area contributed by atoms with Crippen LogP contribution in [0.25, 0.3) is 10.8 Å². The first kappa shape index (κ1) is 15.2. The smallest absolute Gasteiger partial charge is 0.198 e. The topological polar surface area (TPSA) is 67.5 Å². The van der Waals surface area contributed by atoms with Crippen molar-refractivity contribution < 1.29 is 4.21 Å². The lowest BCUT2D eigenvalue weighted by Gasteiger charge is -2.08. The Balaban J connectivity index is 1.90. The molecule has 0 spiro atoms. The summed E-state index contributed by atoms with van der Waals surface area (Å²) in [7, 11) is -1.03. The zero-order valence-electron chi connectivity index (χ0n) is 12.7. The molecule has 0 bridgehead atoms. The van der Waals surface area contributed by atoms with Gasteiger partial charge >= 0.3 is 0 Å². The molecule has 0 radical (unpaired) electrons. The van der Waals surface area contributed by atoms with Crippen molar-refractivity contribution in [1.82, 2.24) is 0 Å². The molecule has 3 rings (SSSR count). The largest absolute Gasteiger partial charge is 0.369 e. The van der Waals surface area contributed by atoms with E-state index in [1.807, 2.05) is 66.7 Å². The van der Waals surface area contributed by atoms with Crippen LogP contribution in [0.5, 0.6) is 0 Å². The molecule has 23 heavy (non-hydrogen) atoms. The maximum Gasteiger partial charge on any atom is 0.198 e. The summed E-state index contributed by atoms with van der Waals surface area (Å²) in [5, 5.41) is 5.20. The summed E-state index contributed by atoms with van der Waals surface area (Å²) in [5.74, 6) is 0.292. The molecular formula is C18H17N3OS. The van der Waals surface area contributed by atoms with Gasteiger partial charge in [-0.3, -0.25) is 4.21 Å². The van der Waals surface area contributed by atoms with Crippen LogP contribution in [-0.4, -0.2) is 16.4 Å². The molecule has 0 heterocycles. The fourth-order valence-electron chi connectivity index (χ4n) is 2.36. The SMILES string of the molecule is CS(=O)c1cccc(NC(N)=Nc2cccc3ccccc23)c1. The summed E-state index contributed by atoms with van der Waals surface area (Å²) in [6, 6.07) is 21.3. The van der Waals surface area contributed by atoms with Gasteiger partial charge in [0.05, 0.1) is 5.69 Å². The molecule has 3 N–H and O–H groups in total. The maximum absolute atomic E-state index is 11.5. The summed E-state index contributed by atoms with van der Waals surface area (Å²) in [6.45, 7) is 0. The molecule has 116 valence electrons. The lowest BCUT2D eigenvalue weighted by molar-refractivity contribution is 0.687. The summed E-state index contributed by atoms with van der Waals surface area (Å²) >= 11 is 0. The van der Waals surface area contributed by atoms with Crippen molar-refractivity contribution in [3.8, 4) is 0 Å². The highest BCUT2D eigenvalue weighted by Gasteiger charge is 2.02. The minimum absolute atomic E-state index is 0.292. The molecule has 3 aromatic rings. The maximum atomic E-state index is 11.5. The fraction of sp³-hybridized carbons (Fsp3) is 0.0556. The Kier molecular flexibility index (Phi) is 4.39. The van der Waals surface area contributed by atoms with Crippen LogP contribution < -0.4 is 11.1 Å². The third-order valence-corrected chi connectivity index (χ3v) is 4.36. The average molecular weight is 323 g/mol. The first-order chi connectivity index (χ1) is 11.1. The predicted molar refractivity (Wildman–Crippen MR) is 97.6 cm³/mol. The first-order valence-electron chi connectivity index (χ1n) is 7.16. The first-order valence-corrected chi connectivity index (χ1v) is 8.72. The van der Waals surface area contributed by atoms with E-state index in [-0.39, 0.29) is 0 Å². The minimum atomic E-state index is -1.03. The van der Waals surface area contributed by atoms with E-state index in [1.165, 1.54) is 0 Å². The summed E-state index contributed by atoms with van der Waals surface area (Å²) in [4.78, 5) is 5.21. The number of aliphatic imine (C=N–C) groups is 1. The third-order valence-electron chi connectivity index (χ3n) is 3.45. The Morgan fingerprint density at radius 1 is 1.04 bits per heavy atom. The van der Waals surface area contributed by atoms with Crippen LogP contribution in [0, 0.1) is 0 Å². The van der Waals surface area contributed by atoms with Gasteiger partial charge in [0.1, 0.15) is 0 Å². The molecule has 0 aliphatic heterocycles. The molecule has 0 fully saturated rings. The van der Waals surface area contributed by atoms with Gasteiger partial charge in [0.15, 0.2) is 5.96 Å². The Labute approximate surface area is 137 Å². The van der Waals surface area contributed by atoms with Gasteiger partial charge in [-0.1, -0.05) is 42.5 Å². The van der Waals surface area contributed by atoms with E-state index in [0.29, 0.717) is 5.96 Å². The minimum Gasteiger partial charge on any atom is -0.369 e. The molecule has 0 saturated carbocycles. The van der Waals surface area contributed by atoms with Crippen molar-refractivity contribution in [1.29, 1.82) is 0 Å². The zero-order valence-corrected chi connectivity index (χ0v) is 13.5. The van der Waals surface area contributed by atoms with Gasteiger partial charge in [0.2, 0.25) is 0 Å². The molecule has 1 unspecified atom stereocenters. The van der Waals surface area contributed by atoms with Crippen molar-refractivity contribution >= 4 is 38.9 Å². The molecule has 3 aromatic carbocycles. The Morgan fingerprint density at radius 2 is 1.78 bits per heavy atom. The van der Waals surface area contributed by atoms with E-state index in [2.05, 4.69) is 10.3 Å². The van der Waals surface area contributed by atoms with Crippen molar-refractivity contribution in [2.45, 2.75) is 4.90 Å². The van der Waals surface area contributed by atoms with Crippen LogP contribution in [0.3, 0.4) is 0 Å². The van der Waals surface area contributed by atoms with Gasteiger partial charge in [-0.05, 0) is 29.7 Å². The summed E-state index contributed by atoms with van der Waals surface area (Å²) < 4.78 is 11.5. The number of nitrogens with two attached hydrogens (primary N) is 1. The zero-order chi connectivity index (χ0) is 16.2. The number of rotatable bonds is 3. The second kappa shape index (κ2) is 6.62. The molecule has 4 nitrogen and oxygen atoms in total. The number of benzene rings is 3. The number of nitrogens with zero attached hydrogens (tertiary/aromatic N) is 1. The normalized spacial score (nSPS) is 13.0. The van der Waals surface area contributed by atoms with Gasteiger partial charge in [-0.25, -0.2) is 4.99 Å². The Morgan fingerprint density at radius 3 is 2.61 bits per heavy atom. The van der Waals surface area contributed by atoms with Gasteiger partial charge in [-0.15, -0.1) is 0 Å². The van der Waals surface area contributed by atoms with Crippen LogP contribution >= 0.6 is 0 Å². The second-order valence-electron chi connectivity index (χ2n) is 5.10. The van der Waals surface area contributed by atoms with Crippen LogP contribution in [0.2, 0.25) is 0 Å². The van der Waals surface area contributed by atoms with E-state index < -0.39 is 10.8 Å². The third kappa shape index (κ3) is 3.57. The number of hydrogen-bond acceptors (Lipinski definition) is 2. The molecule has 0 aromatic heterocycles. The molecule has 0 amide bonds. The van der Waals surface area contributed by atoms with Crippen LogP contribution in [0.1, 0.15) is 0 Å². The fourth-order valence-corrected chi connectivity index (χ4v) is 2.93. The van der Waals surface area contributed by atoms with Crippen molar-refractivity contribution in [2.75, 3.05) is 11.6 Å². The van der Waals surface area contributed by atoms with Crippen molar-refractivity contribution in [3.63, 3.8) is 0 Å². The lowest BCUT2D eigenvalue weighted by Crippen LogP contribution is -2.22.